The second-order valence-electron chi connectivity index (χ2n) is 5.25. The number of hydrogen-bond donors (Lipinski definition) is 2. The van der Waals surface area contributed by atoms with Crippen LogP contribution in [0.4, 0.5) is 23.7 Å². The van der Waals surface area contributed by atoms with E-state index in [9.17, 15) is 22.8 Å². The number of alkyl halides is 3. The fraction of sp³-hybridized carbons (Fsp3) is 0.357. The molecule has 0 saturated carbocycles. The summed E-state index contributed by atoms with van der Waals surface area (Å²) in [5.41, 5.74) is 0.0965. The number of aliphatic carboxylic acids is 1. The minimum absolute atomic E-state index is 0.0222. The van der Waals surface area contributed by atoms with Crippen molar-refractivity contribution in [3.63, 3.8) is 0 Å². The second-order valence-corrected chi connectivity index (χ2v) is 5.25. The molecule has 10 heteroatoms. The Morgan fingerprint density at radius 3 is 2.67 bits per heavy atom. The molecule has 0 aliphatic carbocycles. The number of carbonyl (C=O) groups excluding carboxylic acids is 1. The zero-order valence-corrected chi connectivity index (χ0v) is 12.7. The normalized spacial score (nSPS) is 12.9. The quantitative estimate of drug-likeness (QED) is 0.888. The van der Waals surface area contributed by atoms with Gasteiger partial charge in [-0.2, -0.15) is 13.2 Å². The van der Waals surface area contributed by atoms with Crippen molar-refractivity contribution in [1.82, 2.24) is 9.88 Å². The Morgan fingerprint density at radius 2 is 2.08 bits per heavy atom. The van der Waals surface area contributed by atoms with Crippen LogP contribution in [-0.4, -0.2) is 40.6 Å². The van der Waals surface area contributed by atoms with Crippen LogP contribution in [-0.2, 0) is 11.0 Å². The number of nitrogens with one attached hydrogen (secondary N) is 1. The lowest BCUT2D eigenvalue weighted by molar-refractivity contribution is -0.156. The molecule has 0 aliphatic rings. The van der Waals surface area contributed by atoms with Gasteiger partial charge in [-0.1, -0.05) is 6.92 Å². The van der Waals surface area contributed by atoms with Crippen LogP contribution in [0.25, 0.3) is 11.1 Å². The summed E-state index contributed by atoms with van der Waals surface area (Å²) in [5, 5.41) is 11.3. The van der Waals surface area contributed by atoms with Crippen LogP contribution in [0, 0.1) is 5.92 Å². The summed E-state index contributed by atoms with van der Waals surface area (Å²) in [6.07, 6.45) is -4.70. The number of fused-ring (bicyclic) bond motifs is 1. The first kappa shape index (κ1) is 17.6. The number of carbonyl (C=O) groups is 2. The predicted molar refractivity (Wildman–Crippen MR) is 77.5 cm³/mol. The Balaban J connectivity index is 2.12. The number of urea groups is 1. The molecule has 2 rings (SSSR count). The Hall–Kier alpha value is -2.78. The number of aromatic nitrogens is 1. The fourth-order valence-corrected chi connectivity index (χ4v) is 1.92. The SMILES string of the molecule is CC(CN(C)C(=O)Nc1ccc2oc(C(F)(F)F)nc2c1)C(=O)O. The number of anilines is 1. The fourth-order valence-electron chi connectivity index (χ4n) is 1.92. The third-order valence-corrected chi connectivity index (χ3v) is 3.20. The summed E-state index contributed by atoms with van der Waals surface area (Å²) in [5.74, 6) is -3.17. The first-order valence-corrected chi connectivity index (χ1v) is 6.80. The first-order chi connectivity index (χ1) is 11.1. The van der Waals surface area contributed by atoms with Gasteiger partial charge in [0.05, 0.1) is 5.92 Å². The highest BCUT2D eigenvalue weighted by molar-refractivity contribution is 5.91. The minimum atomic E-state index is -4.70. The number of amides is 2. The monoisotopic (exact) mass is 345 g/mol. The highest BCUT2D eigenvalue weighted by atomic mass is 19.4. The van der Waals surface area contributed by atoms with Crippen molar-refractivity contribution < 1.29 is 32.3 Å². The molecule has 2 amide bonds. The van der Waals surface area contributed by atoms with Crippen molar-refractivity contribution in [2.75, 3.05) is 18.9 Å². The standard InChI is InChI=1S/C14H14F3N3O4/c1-7(11(21)22)6-20(2)13(23)18-8-3-4-10-9(5-8)19-12(24-10)14(15,16)17/h3-5,7H,6H2,1-2H3,(H,18,23)(H,21,22). The van der Waals surface area contributed by atoms with Crippen LogP contribution >= 0.6 is 0 Å². The van der Waals surface area contributed by atoms with E-state index in [2.05, 4.69) is 14.7 Å². The third kappa shape index (κ3) is 3.94. The molecule has 7 nitrogen and oxygen atoms in total. The maximum atomic E-state index is 12.5. The molecule has 130 valence electrons. The van der Waals surface area contributed by atoms with E-state index in [4.69, 9.17) is 5.11 Å². The molecule has 1 aromatic carbocycles. The number of carboxylic acid groups (broad SMARTS) is 1. The maximum Gasteiger partial charge on any atom is 0.468 e. The van der Waals surface area contributed by atoms with Crippen LogP contribution in [0.3, 0.4) is 0 Å². The Labute approximate surface area is 134 Å². The highest BCUT2D eigenvalue weighted by Crippen LogP contribution is 2.31. The first-order valence-electron chi connectivity index (χ1n) is 6.80. The van der Waals surface area contributed by atoms with Gasteiger partial charge in [0.15, 0.2) is 5.58 Å². The van der Waals surface area contributed by atoms with E-state index in [0.717, 1.165) is 4.90 Å². The van der Waals surface area contributed by atoms with Gasteiger partial charge in [0.1, 0.15) is 5.52 Å². The molecular weight excluding hydrogens is 331 g/mol. The topological polar surface area (TPSA) is 95.7 Å². The molecule has 1 aromatic heterocycles. The number of nitrogens with zero attached hydrogens (tertiary/aromatic N) is 2. The number of rotatable bonds is 4. The van der Waals surface area contributed by atoms with Crippen molar-refractivity contribution in [3.05, 3.63) is 24.1 Å². The summed E-state index contributed by atoms with van der Waals surface area (Å²) in [6.45, 7) is 1.43. The molecule has 0 spiro atoms. The summed E-state index contributed by atoms with van der Waals surface area (Å²) in [4.78, 5) is 27.2. The molecule has 0 saturated heterocycles. The van der Waals surface area contributed by atoms with Gasteiger partial charge in [-0.05, 0) is 18.2 Å². The van der Waals surface area contributed by atoms with Gasteiger partial charge >= 0.3 is 24.1 Å². The Morgan fingerprint density at radius 1 is 1.42 bits per heavy atom. The third-order valence-electron chi connectivity index (χ3n) is 3.20. The van der Waals surface area contributed by atoms with Crippen LogP contribution in [0.5, 0.6) is 0 Å². The predicted octanol–water partition coefficient (Wildman–Crippen LogP) is 3.03. The summed E-state index contributed by atoms with van der Waals surface area (Å²) < 4.78 is 42.2. The average molecular weight is 345 g/mol. The minimum Gasteiger partial charge on any atom is -0.481 e. The zero-order valence-electron chi connectivity index (χ0n) is 12.7. The van der Waals surface area contributed by atoms with Crippen LogP contribution < -0.4 is 5.32 Å². The van der Waals surface area contributed by atoms with Gasteiger partial charge < -0.3 is 19.7 Å². The van der Waals surface area contributed by atoms with Gasteiger partial charge in [0.2, 0.25) is 0 Å². The van der Waals surface area contributed by atoms with Gasteiger partial charge in [0.25, 0.3) is 0 Å². The van der Waals surface area contributed by atoms with Crippen molar-refractivity contribution in [2.45, 2.75) is 13.1 Å². The Kier molecular flexibility index (Phi) is 4.67. The molecule has 1 heterocycles. The molecule has 0 radical (unpaired) electrons. The molecular formula is C14H14F3N3O4. The number of oxazole rings is 1. The van der Waals surface area contributed by atoms with E-state index in [-0.39, 0.29) is 23.3 Å². The molecule has 0 bridgehead atoms. The van der Waals surface area contributed by atoms with E-state index in [1.807, 2.05) is 0 Å². The van der Waals surface area contributed by atoms with Crippen molar-refractivity contribution >= 4 is 28.8 Å². The lowest BCUT2D eigenvalue weighted by atomic mass is 10.2. The van der Waals surface area contributed by atoms with Gasteiger partial charge in [-0.15, -0.1) is 0 Å². The van der Waals surface area contributed by atoms with Gasteiger partial charge in [-0.25, -0.2) is 9.78 Å². The lowest BCUT2D eigenvalue weighted by Gasteiger charge is -2.19. The number of carboxylic acids is 1. The number of benzene rings is 1. The van der Waals surface area contributed by atoms with E-state index in [1.54, 1.807) is 0 Å². The smallest absolute Gasteiger partial charge is 0.468 e. The van der Waals surface area contributed by atoms with E-state index in [1.165, 1.54) is 32.2 Å². The maximum absolute atomic E-state index is 12.5. The molecule has 2 N–H and O–H groups in total. The zero-order chi connectivity index (χ0) is 18.1. The van der Waals surface area contributed by atoms with Crippen molar-refractivity contribution in [3.8, 4) is 0 Å². The summed E-state index contributed by atoms with van der Waals surface area (Å²) in [7, 11) is 1.41. The van der Waals surface area contributed by atoms with E-state index in [0.29, 0.717) is 0 Å². The average Bonchev–Trinajstić information content (AvgIpc) is 2.90. The molecule has 0 aliphatic heterocycles. The van der Waals surface area contributed by atoms with E-state index >= 15 is 0 Å². The molecule has 2 aromatic rings. The second kappa shape index (κ2) is 6.38. The number of halogens is 3. The summed E-state index contributed by atoms with van der Waals surface area (Å²) >= 11 is 0. The van der Waals surface area contributed by atoms with Crippen LogP contribution in [0.2, 0.25) is 0 Å². The van der Waals surface area contributed by atoms with E-state index < -0.39 is 30.0 Å². The number of hydrogen-bond acceptors (Lipinski definition) is 4. The van der Waals surface area contributed by atoms with Crippen LogP contribution in [0.15, 0.2) is 22.6 Å². The van der Waals surface area contributed by atoms with Gasteiger partial charge in [-0.3, -0.25) is 4.79 Å². The van der Waals surface area contributed by atoms with Crippen molar-refractivity contribution in [1.29, 1.82) is 0 Å². The molecule has 24 heavy (non-hydrogen) atoms. The van der Waals surface area contributed by atoms with Gasteiger partial charge in [0, 0.05) is 19.3 Å². The molecule has 1 unspecified atom stereocenters. The summed E-state index contributed by atoms with van der Waals surface area (Å²) in [6, 6.07) is 3.26. The highest BCUT2D eigenvalue weighted by Gasteiger charge is 2.37. The van der Waals surface area contributed by atoms with Crippen LogP contribution in [0.1, 0.15) is 12.8 Å². The largest absolute Gasteiger partial charge is 0.481 e. The molecule has 1 atom stereocenters. The Bertz CT molecular complexity index is 772. The van der Waals surface area contributed by atoms with Crippen molar-refractivity contribution in [2.24, 2.45) is 5.92 Å². The molecule has 0 fully saturated rings. The lowest BCUT2D eigenvalue weighted by Crippen LogP contribution is -2.36.